The van der Waals surface area contributed by atoms with E-state index in [0.717, 1.165) is 17.5 Å². The molecule has 0 aliphatic rings. The van der Waals surface area contributed by atoms with Crippen LogP contribution in [0.25, 0.3) is 16.5 Å². The predicted molar refractivity (Wildman–Crippen MR) is 111 cm³/mol. The van der Waals surface area contributed by atoms with Crippen molar-refractivity contribution in [3.63, 3.8) is 0 Å². The van der Waals surface area contributed by atoms with Crippen LogP contribution < -0.4 is 0 Å². The van der Waals surface area contributed by atoms with Crippen LogP contribution in [0.1, 0.15) is 26.3 Å². The van der Waals surface area contributed by atoms with Gasteiger partial charge in [0.2, 0.25) is 4.73 Å². The molecule has 3 rings (SSSR count). The molecule has 0 unspecified atom stereocenters. The molecule has 0 spiro atoms. The van der Waals surface area contributed by atoms with Crippen molar-refractivity contribution in [3.05, 3.63) is 46.7 Å². The summed E-state index contributed by atoms with van der Waals surface area (Å²) in [6.45, 7) is 5.45. The van der Waals surface area contributed by atoms with E-state index in [9.17, 15) is 9.90 Å². The summed E-state index contributed by atoms with van der Waals surface area (Å²) in [4.78, 5) is 11.5. The third-order valence-corrected chi connectivity index (χ3v) is 5.71. The van der Waals surface area contributed by atoms with Crippen molar-refractivity contribution in [3.8, 4) is 5.69 Å². The van der Waals surface area contributed by atoms with Gasteiger partial charge in [0.15, 0.2) is 5.16 Å². The van der Waals surface area contributed by atoms with Crippen LogP contribution in [0.5, 0.6) is 0 Å². The molecule has 132 valence electrons. The summed E-state index contributed by atoms with van der Waals surface area (Å²) in [6, 6.07) is 12.3. The van der Waals surface area contributed by atoms with E-state index in [4.69, 9.17) is 0 Å². The Morgan fingerprint density at radius 3 is 2.46 bits per heavy atom. The summed E-state index contributed by atoms with van der Waals surface area (Å²) < 4.78 is 1.39. The van der Waals surface area contributed by atoms with Gasteiger partial charge in [-0.25, -0.2) is 0 Å². The molecule has 0 amide bonds. The van der Waals surface area contributed by atoms with Gasteiger partial charge in [-0.15, -0.1) is 10.2 Å². The van der Waals surface area contributed by atoms with E-state index in [1.54, 1.807) is 13.8 Å². The van der Waals surface area contributed by atoms with E-state index in [-0.39, 0.29) is 18.9 Å². The van der Waals surface area contributed by atoms with Crippen LogP contribution in [0.15, 0.2) is 46.3 Å². The molecule has 3 aromatic rings. The normalized spacial score (nSPS) is 11.4. The Morgan fingerprint density at radius 1 is 1.19 bits per heavy atom. The average molecular weight is 428 g/mol. The summed E-state index contributed by atoms with van der Waals surface area (Å²) >= 11 is 4.62. The number of thioether (sulfide) groups is 1. The Morgan fingerprint density at radius 2 is 1.85 bits per heavy atom. The molecule has 0 radical (unpaired) electrons. The zero-order chi connectivity index (χ0) is 18.2. The van der Waals surface area contributed by atoms with Crippen molar-refractivity contribution in [1.82, 2.24) is 14.8 Å². The van der Waals surface area contributed by atoms with Crippen molar-refractivity contribution in [2.75, 3.05) is 0 Å². The van der Waals surface area contributed by atoms with Crippen LogP contribution in [0.2, 0.25) is 0 Å². The summed E-state index contributed by atoms with van der Waals surface area (Å²) in [5, 5.41) is 20.5. The van der Waals surface area contributed by atoms with Gasteiger partial charge in [-0.2, -0.15) is 0 Å². The number of carbonyl (C=O) groups is 1. The molecule has 5 nitrogen and oxygen atoms in total. The van der Waals surface area contributed by atoms with Crippen LogP contribution in [0.3, 0.4) is 0 Å². The number of carboxylic acid groups (broad SMARTS) is 1. The fourth-order valence-electron chi connectivity index (χ4n) is 2.64. The maximum absolute atomic E-state index is 11.5. The van der Waals surface area contributed by atoms with Crippen molar-refractivity contribution < 1.29 is 9.90 Å². The molecule has 1 aromatic heterocycles. The van der Waals surface area contributed by atoms with E-state index in [0.29, 0.717) is 9.89 Å². The number of hydrogen-bond donors (Lipinski definition) is 1. The number of benzene rings is 2. The molecule has 0 aliphatic carbocycles. The minimum absolute atomic E-state index is 0. The Bertz CT molecular complexity index is 959. The van der Waals surface area contributed by atoms with Crippen LogP contribution >= 0.6 is 27.7 Å². The van der Waals surface area contributed by atoms with Gasteiger partial charge < -0.3 is 5.11 Å². The number of rotatable bonds is 5. The molecule has 8 heteroatoms. The number of carboxylic acids is 1. The van der Waals surface area contributed by atoms with Crippen molar-refractivity contribution >= 4 is 63.3 Å². The fraction of sp³-hybridized carbons (Fsp3) is 0.278. The molecule has 2 aromatic carbocycles. The first-order valence-electron chi connectivity index (χ1n) is 7.89. The van der Waals surface area contributed by atoms with E-state index in [1.165, 1.54) is 22.7 Å². The van der Waals surface area contributed by atoms with Gasteiger partial charge in [0.25, 0.3) is 0 Å². The van der Waals surface area contributed by atoms with Crippen molar-refractivity contribution in [2.45, 2.75) is 37.1 Å². The van der Waals surface area contributed by atoms with Gasteiger partial charge in [0.05, 0.1) is 5.69 Å². The van der Waals surface area contributed by atoms with E-state index in [1.807, 2.05) is 22.8 Å². The maximum atomic E-state index is 11.5. The molecule has 1 heterocycles. The standard InChI is InChI=1S/C18H18BrN3O2S.Li.H/c1-4-11-9-10-14(13-8-6-5-7-12(11)13)22-16(19)20-21-17(22)25-18(2,3)15(23)24;;/h5-10H,4H2,1-3H3,(H,23,24);;. The molecule has 0 saturated carbocycles. The van der Waals surface area contributed by atoms with Gasteiger partial charge in [-0.05, 0) is 53.2 Å². The minimum atomic E-state index is -1.01. The van der Waals surface area contributed by atoms with E-state index >= 15 is 0 Å². The van der Waals surface area contributed by atoms with E-state index in [2.05, 4.69) is 51.3 Å². The van der Waals surface area contributed by atoms with Gasteiger partial charge in [0.1, 0.15) is 4.75 Å². The van der Waals surface area contributed by atoms with E-state index < -0.39 is 10.7 Å². The monoisotopic (exact) mass is 427 g/mol. The second-order valence-corrected chi connectivity index (χ2v) is 8.45. The van der Waals surface area contributed by atoms with Crippen LogP contribution in [-0.2, 0) is 11.2 Å². The predicted octanol–water partition coefficient (Wildman–Crippen LogP) is 4.05. The number of nitrogens with zero attached hydrogens (tertiary/aromatic N) is 3. The molecular formula is C18H19BrLiN3O2S. The van der Waals surface area contributed by atoms with Gasteiger partial charge in [-0.3, -0.25) is 9.36 Å². The number of aliphatic carboxylic acids is 1. The van der Waals surface area contributed by atoms with Crippen molar-refractivity contribution in [2.24, 2.45) is 0 Å². The summed E-state index contributed by atoms with van der Waals surface area (Å²) in [5.74, 6) is -0.894. The molecule has 0 atom stereocenters. The summed E-state index contributed by atoms with van der Waals surface area (Å²) in [6.07, 6.45) is 0.942. The molecule has 0 saturated heterocycles. The quantitative estimate of drug-likeness (QED) is 0.491. The second-order valence-electron chi connectivity index (χ2n) is 6.15. The first-order valence-corrected chi connectivity index (χ1v) is 9.50. The number of hydrogen-bond acceptors (Lipinski definition) is 4. The van der Waals surface area contributed by atoms with Gasteiger partial charge in [-0.1, -0.05) is 49.0 Å². The molecule has 0 fully saturated rings. The Balaban J connectivity index is 0.00000243. The number of fused-ring (bicyclic) bond motifs is 1. The van der Waals surface area contributed by atoms with Gasteiger partial charge >= 0.3 is 24.8 Å². The first-order chi connectivity index (χ1) is 11.8. The summed E-state index contributed by atoms with van der Waals surface area (Å²) in [7, 11) is 0. The molecular weight excluding hydrogens is 409 g/mol. The molecule has 0 bridgehead atoms. The summed E-state index contributed by atoms with van der Waals surface area (Å²) in [5.41, 5.74) is 2.19. The zero-order valence-corrected chi connectivity index (χ0v) is 16.6. The third-order valence-electron chi connectivity index (χ3n) is 4.07. The number of aryl methyl sites for hydroxylation is 1. The van der Waals surface area contributed by atoms with Crippen molar-refractivity contribution in [1.29, 1.82) is 0 Å². The fourth-order valence-corrected chi connectivity index (χ4v) is 4.10. The average Bonchev–Trinajstić information content (AvgIpc) is 2.93. The number of halogens is 1. The zero-order valence-electron chi connectivity index (χ0n) is 14.2. The molecule has 1 N–H and O–H groups in total. The third kappa shape index (κ3) is 3.86. The Kier molecular flexibility index (Phi) is 6.62. The van der Waals surface area contributed by atoms with Crippen LogP contribution in [-0.4, -0.2) is 49.4 Å². The van der Waals surface area contributed by atoms with Gasteiger partial charge in [0, 0.05) is 5.39 Å². The molecule has 0 aliphatic heterocycles. The van der Waals surface area contributed by atoms with Crippen LogP contribution in [0, 0.1) is 0 Å². The Labute approximate surface area is 176 Å². The van der Waals surface area contributed by atoms with Crippen LogP contribution in [0.4, 0.5) is 0 Å². The molecule has 26 heavy (non-hydrogen) atoms. The Hall–Kier alpha value is -1.26. The first kappa shape index (κ1) is 21.0. The second kappa shape index (κ2) is 8.18. The SMILES string of the molecule is CCc1ccc(-n2c(Br)nnc2SC(C)(C)C(=O)O)c2ccccc12.[LiH]. The topological polar surface area (TPSA) is 68.0 Å². The number of aromatic nitrogens is 3.